The Morgan fingerprint density at radius 3 is 2.50 bits per heavy atom. The van der Waals surface area contributed by atoms with E-state index in [0.717, 1.165) is 12.8 Å². The lowest BCUT2D eigenvalue weighted by Crippen LogP contribution is -2.17. The Balaban J connectivity index is 2.16. The molecule has 0 amide bonds. The van der Waals surface area contributed by atoms with Crippen LogP contribution in [0.2, 0.25) is 0 Å². The summed E-state index contributed by atoms with van der Waals surface area (Å²) in [6.45, 7) is 0. The average molecular weight is 138 g/mol. The first-order valence-electron chi connectivity index (χ1n) is 3.68. The van der Waals surface area contributed by atoms with Crippen molar-refractivity contribution in [1.82, 2.24) is 0 Å². The van der Waals surface area contributed by atoms with E-state index in [-0.39, 0.29) is 5.92 Å². The van der Waals surface area contributed by atoms with Gasteiger partial charge in [-0.15, -0.1) is 0 Å². The summed E-state index contributed by atoms with van der Waals surface area (Å²) >= 11 is 0. The Hall–Kier alpha value is -0.790. The maximum absolute atomic E-state index is 10.6. The van der Waals surface area contributed by atoms with Crippen molar-refractivity contribution in [1.29, 1.82) is 0 Å². The van der Waals surface area contributed by atoms with E-state index in [9.17, 15) is 4.79 Å². The molecule has 0 aromatic heterocycles. The van der Waals surface area contributed by atoms with Crippen molar-refractivity contribution in [3.8, 4) is 0 Å². The van der Waals surface area contributed by atoms with Gasteiger partial charge in [-0.1, -0.05) is 12.2 Å². The van der Waals surface area contributed by atoms with Gasteiger partial charge in [0, 0.05) is 0 Å². The van der Waals surface area contributed by atoms with Gasteiger partial charge in [0.2, 0.25) is 0 Å². The molecule has 2 aliphatic carbocycles. The topological polar surface area (TPSA) is 37.3 Å². The van der Waals surface area contributed by atoms with Crippen molar-refractivity contribution in [2.24, 2.45) is 17.8 Å². The molecule has 1 unspecified atom stereocenters. The zero-order valence-electron chi connectivity index (χ0n) is 5.66. The molecule has 1 fully saturated rings. The highest BCUT2D eigenvalue weighted by Crippen LogP contribution is 2.43. The number of allylic oxidation sites excluding steroid dienone is 2. The summed E-state index contributed by atoms with van der Waals surface area (Å²) in [6.07, 6.45) is 6.17. The highest BCUT2D eigenvalue weighted by molar-refractivity contribution is 5.71. The molecule has 0 spiro atoms. The van der Waals surface area contributed by atoms with E-state index in [1.807, 2.05) is 0 Å². The number of carbonyl (C=O) groups is 1. The van der Waals surface area contributed by atoms with E-state index >= 15 is 0 Å². The van der Waals surface area contributed by atoms with Crippen molar-refractivity contribution in [2.45, 2.75) is 12.8 Å². The lowest BCUT2D eigenvalue weighted by atomic mass is 9.94. The van der Waals surface area contributed by atoms with Crippen molar-refractivity contribution in [3.63, 3.8) is 0 Å². The highest BCUT2D eigenvalue weighted by atomic mass is 16.4. The smallest absolute Gasteiger partial charge is 0.307 e. The Kier molecular flexibility index (Phi) is 1.10. The van der Waals surface area contributed by atoms with Crippen LogP contribution in [0.5, 0.6) is 0 Å². The minimum absolute atomic E-state index is 0.0741. The van der Waals surface area contributed by atoms with Crippen molar-refractivity contribution in [2.75, 3.05) is 0 Å². The van der Waals surface area contributed by atoms with Gasteiger partial charge in [0.1, 0.15) is 0 Å². The monoisotopic (exact) mass is 138 g/mol. The lowest BCUT2D eigenvalue weighted by Gasteiger charge is -2.11. The van der Waals surface area contributed by atoms with Crippen LogP contribution in [0.3, 0.4) is 0 Å². The van der Waals surface area contributed by atoms with Gasteiger partial charge in [-0.25, -0.2) is 0 Å². The van der Waals surface area contributed by atoms with Gasteiger partial charge >= 0.3 is 5.97 Å². The number of aliphatic carboxylic acids is 1. The fourth-order valence-electron chi connectivity index (χ4n) is 2.06. The minimum Gasteiger partial charge on any atom is -0.481 e. The summed E-state index contributed by atoms with van der Waals surface area (Å²) in [5.41, 5.74) is 0. The van der Waals surface area contributed by atoms with Gasteiger partial charge < -0.3 is 5.11 Å². The molecular formula is C8H10O2. The number of carboxylic acids is 1. The third-order valence-electron chi connectivity index (χ3n) is 2.60. The summed E-state index contributed by atoms with van der Waals surface area (Å²) in [5, 5.41) is 8.70. The molecule has 2 nitrogen and oxygen atoms in total. The number of hydrogen-bond acceptors (Lipinski definition) is 1. The number of rotatable bonds is 1. The van der Waals surface area contributed by atoms with E-state index in [0.29, 0.717) is 11.8 Å². The van der Waals surface area contributed by atoms with Gasteiger partial charge in [0.25, 0.3) is 0 Å². The number of hydrogen-bond donors (Lipinski definition) is 1. The molecule has 1 saturated carbocycles. The summed E-state index contributed by atoms with van der Waals surface area (Å²) in [4.78, 5) is 10.6. The first-order valence-corrected chi connectivity index (χ1v) is 3.68. The first kappa shape index (κ1) is 5.96. The van der Waals surface area contributed by atoms with E-state index < -0.39 is 5.97 Å². The van der Waals surface area contributed by atoms with Gasteiger partial charge in [-0.2, -0.15) is 0 Å². The molecule has 0 aliphatic heterocycles. The fraction of sp³-hybridized carbons (Fsp3) is 0.625. The highest BCUT2D eigenvalue weighted by Gasteiger charge is 2.39. The second kappa shape index (κ2) is 1.84. The number of fused-ring (bicyclic) bond motifs is 2. The molecule has 0 radical (unpaired) electrons. The first-order chi connectivity index (χ1) is 4.77. The van der Waals surface area contributed by atoms with Crippen LogP contribution in [0.15, 0.2) is 12.2 Å². The maximum atomic E-state index is 10.6. The van der Waals surface area contributed by atoms with Crippen LogP contribution in [0.25, 0.3) is 0 Å². The average Bonchev–Trinajstić information content (AvgIpc) is 2.44. The largest absolute Gasteiger partial charge is 0.481 e. The molecule has 2 heteroatoms. The molecule has 0 aromatic carbocycles. The van der Waals surface area contributed by atoms with Gasteiger partial charge in [0.05, 0.1) is 5.92 Å². The molecule has 2 rings (SSSR count). The molecule has 0 heterocycles. The molecule has 0 aromatic rings. The van der Waals surface area contributed by atoms with Crippen LogP contribution in [0.4, 0.5) is 0 Å². The van der Waals surface area contributed by atoms with Crippen LogP contribution in [0, 0.1) is 17.8 Å². The molecule has 3 atom stereocenters. The van der Waals surface area contributed by atoms with Crippen LogP contribution in [-0.2, 0) is 4.79 Å². The third kappa shape index (κ3) is 0.681. The molecule has 2 aliphatic rings. The quantitative estimate of drug-likeness (QED) is 0.554. The van der Waals surface area contributed by atoms with Crippen molar-refractivity contribution >= 4 is 5.97 Å². The zero-order chi connectivity index (χ0) is 7.14. The Bertz CT molecular complexity index is 195. The van der Waals surface area contributed by atoms with E-state index in [4.69, 9.17) is 5.11 Å². The fourth-order valence-corrected chi connectivity index (χ4v) is 2.06. The standard InChI is InChI=1S/C8H10O2/c9-8(10)7-4-5-1-2-6(7)3-5/h1-2,5-7H,3-4H2,(H,9,10)/t5-,6+,7?/m1/s1. The van der Waals surface area contributed by atoms with Crippen LogP contribution >= 0.6 is 0 Å². The van der Waals surface area contributed by atoms with Gasteiger partial charge in [0.15, 0.2) is 0 Å². The third-order valence-corrected chi connectivity index (χ3v) is 2.60. The SMILES string of the molecule is O=C(O)C1C[C@@H]2C=C[C@H]1C2. The minimum atomic E-state index is -0.614. The van der Waals surface area contributed by atoms with Crippen LogP contribution in [0.1, 0.15) is 12.8 Å². The van der Waals surface area contributed by atoms with Crippen molar-refractivity contribution < 1.29 is 9.90 Å². The Morgan fingerprint density at radius 1 is 1.40 bits per heavy atom. The zero-order valence-corrected chi connectivity index (χ0v) is 5.66. The molecule has 2 bridgehead atoms. The lowest BCUT2D eigenvalue weighted by molar-refractivity contribution is -0.142. The summed E-state index contributed by atoms with van der Waals surface area (Å²) in [5.74, 6) is 0.237. The van der Waals surface area contributed by atoms with Crippen LogP contribution in [-0.4, -0.2) is 11.1 Å². The van der Waals surface area contributed by atoms with Gasteiger partial charge in [-0.05, 0) is 24.7 Å². The Labute approximate surface area is 59.5 Å². The summed E-state index contributed by atoms with van der Waals surface area (Å²) < 4.78 is 0. The second-order valence-corrected chi connectivity index (χ2v) is 3.22. The molecule has 54 valence electrons. The molecular weight excluding hydrogens is 128 g/mol. The summed E-state index contributed by atoms with van der Waals surface area (Å²) in [7, 11) is 0. The molecule has 0 saturated heterocycles. The van der Waals surface area contributed by atoms with E-state index in [1.54, 1.807) is 0 Å². The molecule has 1 N–H and O–H groups in total. The normalized spacial score (nSPS) is 42.6. The maximum Gasteiger partial charge on any atom is 0.307 e. The number of carboxylic acid groups (broad SMARTS) is 1. The second-order valence-electron chi connectivity index (χ2n) is 3.22. The van der Waals surface area contributed by atoms with Crippen LogP contribution < -0.4 is 0 Å². The molecule has 10 heavy (non-hydrogen) atoms. The van der Waals surface area contributed by atoms with Crippen molar-refractivity contribution in [3.05, 3.63) is 12.2 Å². The summed E-state index contributed by atoms with van der Waals surface area (Å²) in [6, 6.07) is 0. The van der Waals surface area contributed by atoms with E-state index in [2.05, 4.69) is 12.2 Å². The Morgan fingerprint density at radius 2 is 2.20 bits per heavy atom. The predicted octanol–water partition coefficient (Wildman–Crippen LogP) is 1.28. The predicted molar refractivity (Wildman–Crippen MR) is 36.5 cm³/mol. The van der Waals surface area contributed by atoms with Gasteiger partial charge in [-0.3, -0.25) is 4.79 Å². The van der Waals surface area contributed by atoms with E-state index in [1.165, 1.54) is 0 Å².